The minimum absolute atomic E-state index is 0.255. The van der Waals surface area contributed by atoms with Crippen molar-refractivity contribution >= 4 is 34.1 Å². The Morgan fingerprint density at radius 2 is 2.00 bits per heavy atom. The number of fused-ring (bicyclic) bond motifs is 1. The Bertz CT molecular complexity index is 511. The lowest BCUT2D eigenvalue weighted by Gasteiger charge is -2.04. The van der Waals surface area contributed by atoms with Crippen LogP contribution in [0.3, 0.4) is 0 Å². The Morgan fingerprint density at radius 1 is 1.29 bits per heavy atom. The molecular weight excluding hydrogens is 224 g/mol. The summed E-state index contributed by atoms with van der Waals surface area (Å²) in [7, 11) is 0. The van der Waals surface area contributed by atoms with Crippen LogP contribution >= 0.6 is 23.2 Å². The molecular formula is C10H6Cl2FN. The summed E-state index contributed by atoms with van der Waals surface area (Å²) in [6.45, 7) is 1.81. The maximum Gasteiger partial charge on any atom is 0.150 e. The lowest BCUT2D eigenvalue weighted by Crippen LogP contribution is -1.88. The van der Waals surface area contributed by atoms with Crippen molar-refractivity contribution in [1.82, 2.24) is 4.98 Å². The fourth-order valence-electron chi connectivity index (χ4n) is 1.29. The van der Waals surface area contributed by atoms with Crippen molar-refractivity contribution in [2.45, 2.75) is 6.92 Å². The first-order valence-electron chi connectivity index (χ1n) is 3.99. The van der Waals surface area contributed by atoms with Crippen molar-refractivity contribution in [3.05, 3.63) is 39.8 Å². The molecule has 1 nitrogen and oxygen atoms in total. The van der Waals surface area contributed by atoms with Crippen LogP contribution in [-0.4, -0.2) is 4.98 Å². The van der Waals surface area contributed by atoms with Crippen LogP contribution in [0.4, 0.5) is 4.39 Å². The van der Waals surface area contributed by atoms with E-state index >= 15 is 0 Å². The molecule has 0 unspecified atom stereocenters. The van der Waals surface area contributed by atoms with Gasteiger partial charge in [0.1, 0.15) is 5.52 Å². The number of aromatic nitrogens is 1. The van der Waals surface area contributed by atoms with Gasteiger partial charge in [-0.05, 0) is 24.6 Å². The van der Waals surface area contributed by atoms with Gasteiger partial charge >= 0.3 is 0 Å². The van der Waals surface area contributed by atoms with Gasteiger partial charge in [0, 0.05) is 16.6 Å². The van der Waals surface area contributed by atoms with Gasteiger partial charge in [-0.15, -0.1) is 0 Å². The summed E-state index contributed by atoms with van der Waals surface area (Å²) in [6, 6.07) is 2.84. The molecule has 1 aromatic heterocycles. The molecule has 1 heterocycles. The fourth-order valence-corrected chi connectivity index (χ4v) is 1.69. The van der Waals surface area contributed by atoms with Gasteiger partial charge in [0.25, 0.3) is 0 Å². The van der Waals surface area contributed by atoms with E-state index in [1.54, 1.807) is 12.3 Å². The highest BCUT2D eigenvalue weighted by atomic mass is 35.5. The number of pyridine rings is 1. The smallest absolute Gasteiger partial charge is 0.150 e. The molecule has 0 spiro atoms. The zero-order valence-electron chi connectivity index (χ0n) is 7.31. The van der Waals surface area contributed by atoms with Crippen LogP contribution in [0.2, 0.25) is 10.0 Å². The molecule has 2 aromatic rings. The van der Waals surface area contributed by atoms with Crippen molar-refractivity contribution < 1.29 is 4.39 Å². The van der Waals surface area contributed by atoms with E-state index in [2.05, 4.69) is 4.98 Å². The second-order valence-corrected chi connectivity index (χ2v) is 3.85. The maximum atomic E-state index is 13.4. The molecule has 0 aliphatic carbocycles. The van der Waals surface area contributed by atoms with Crippen LogP contribution in [0, 0.1) is 12.7 Å². The Kier molecular flexibility index (Phi) is 2.33. The predicted molar refractivity (Wildman–Crippen MR) is 56.5 cm³/mol. The summed E-state index contributed by atoms with van der Waals surface area (Å²) < 4.78 is 13.4. The fraction of sp³-hybridized carbons (Fsp3) is 0.100. The van der Waals surface area contributed by atoms with E-state index in [1.165, 1.54) is 6.07 Å². The number of nitrogens with zero attached hydrogens (tertiary/aromatic N) is 1. The lowest BCUT2D eigenvalue weighted by atomic mass is 10.1. The molecule has 0 atom stereocenters. The normalized spacial score (nSPS) is 10.9. The largest absolute Gasteiger partial charge is 0.253 e. The van der Waals surface area contributed by atoms with Gasteiger partial charge < -0.3 is 0 Å². The standard InChI is InChI=1S/C10H6Cl2FN/c1-5-4-14-10-7(9(5)12)2-6(11)3-8(10)13/h2-4H,1H3. The Morgan fingerprint density at radius 3 is 2.71 bits per heavy atom. The Balaban J connectivity index is 2.95. The highest BCUT2D eigenvalue weighted by Gasteiger charge is 2.08. The molecule has 4 heteroatoms. The van der Waals surface area contributed by atoms with Crippen molar-refractivity contribution in [1.29, 1.82) is 0 Å². The maximum absolute atomic E-state index is 13.4. The zero-order valence-corrected chi connectivity index (χ0v) is 8.83. The predicted octanol–water partition coefficient (Wildman–Crippen LogP) is 3.99. The minimum atomic E-state index is -0.450. The molecule has 0 aliphatic heterocycles. The molecule has 0 amide bonds. The van der Waals surface area contributed by atoms with E-state index in [0.717, 1.165) is 5.56 Å². The van der Waals surface area contributed by atoms with Gasteiger partial charge in [0.05, 0.1) is 5.02 Å². The van der Waals surface area contributed by atoms with Gasteiger partial charge in [-0.3, -0.25) is 4.98 Å². The summed E-state index contributed by atoms with van der Waals surface area (Å²) >= 11 is 11.7. The third-order valence-corrected chi connectivity index (χ3v) is 2.72. The van der Waals surface area contributed by atoms with E-state index in [1.807, 2.05) is 6.92 Å². The molecule has 1 aromatic carbocycles. The number of benzene rings is 1. The first-order valence-corrected chi connectivity index (χ1v) is 4.75. The molecule has 0 saturated heterocycles. The van der Waals surface area contributed by atoms with Gasteiger partial charge in [-0.1, -0.05) is 23.2 Å². The summed E-state index contributed by atoms with van der Waals surface area (Å²) in [5.74, 6) is -0.450. The zero-order chi connectivity index (χ0) is 10.3. The second-order valence-electron chi connectivity index (χ2n) is 3.04. The highest BCUT2D eigenvalue weighted by Crippen LogP contribution is 2.29. The molecule has 0 aliphatic rings. The molecule has 0 bridgehead atoms. The van der Waals surface area contributed by atoms with Gasteiger partial charge in [0.15, 0.2) is 5.82 Å². The first-order chi connectivity index (χ1) is 6.59. The monoisotopic (exact) mass is 229 g/mol. The van der Waals surface area contributed by atoms with Gasteiger partial charge in [-0.25, -0.2) is 4.39 Å². The molecule has 2 rings (SSSR count). The second kappa shape index (κ2) is 3.37. The summed E-state index contributed by atoms with van der Waals surface area (Å²) in [4.78, 5) is 3.96. The summed E-state index contributed by atoms with van der Waals surface area (Å²) in [5.41, 5.74) is 1.06. The van der Waals surface area contributed by atoms with Crippen LogP contribution in [0.25, 0.3) is 10.9 Å². The lowest BCUT2D eigenvalue weighted by molar-refractivity contribution is 0.637. The quantitative estimate of drug-likeness (QED) is 0.666. The average Bonchev–Trinajstić information content (AvgIpc) is 2.12. The highest BCUT2D eigenvalue weighted by molar-refractivity contribution is 6.37. The summed E-state index contributed by atoms with van der Waals surface area (Å²) in [5, 5.41) is 1.37. The van der Waals surface area contributed by atoms with E-state index in [0.29, 0.717) is 15.4 Å². The van der Waals surface area contributed by atoms with Crippen LogP contribution < -0.4 is 0 Å². The number of hydrogen-bond donors (Lipinski definition) is 0. The van der Waals surface area contributed by atoms with Crippen LogP contribution in [-0.2, 0) is 0 Å². The van der Waals surface area contributed by atoms with E-state index in [4.69, 9.17) is 23.2 Å². The molecule has 14 heavy (non-hydrogen) atoms. The Hall–Kier alpha value is -0.860. The third-order valence-electron chi connectivity index (χ3n) is 2.00. The first kappa shape index (κ1) is 9.69. The van der Waals surface area contributed by atoms with Crippen molar-refractivity contribution in [3.63, 3.8) is 0 Å². The number of halogens is 3. The SMILES string of the molecule is Cc1cnc2c(F)cc(Cl)cc2c1Cl. The van der Waals surface area contributed by atoms with E-state index in [-0.39, 0.29) is 5.52 Å². The molecule has 0 radical (unpaired) electrons. The van der Waals surface area contributed by atoms with E-state index < -0.39 is 5.82 Å². The van der Waals surface area contributed by atoms with E-state index in [9.17, 15) is 4.39 Å². The van der Waals surface area contributed by atoms with Crippen LogP contribution in [0.1, 0.15) is 5.56 Å². The molecule has 72 valence electrons. The van der Waals surface area contributed by atoms with Gasteiger partial charge in [-0.2, -0.15) is 0 Å². The molecule has 0 fully saturated rings. The minimum Gasteiger partial charge on any atom is -0.253 e. The average molecular weight is 230 g/mol. The van der Waals surface area contributed by atoms with Crippen molar-refractivity contribution in [2.75, 3.05) is 0 Å². The number of rotatable bonds is 0. The topological polar surface area (TPSA) is 12.9 Å². The van der Waals surface area contributed by atoms with Crippen LogP contribution in [0.5, 0.6) is 0 Å². The number of hydrogen-bond acceptors (Lipinski definition) is 1. The molecule has 0 N–H and O–H groups in total. The van der Waals surface area contributed by atoms with Crippen molar-refractivity contribution in [3.8, 4) is 0 Å². The van der Waals surface area contributed by atoms with Crippen LogP contribution in [0.15, 0.2) is 18.3 Å². The number of aryl methyl sites for hydroxylation is 1. The summed E-state index contributed by atoms with van der Waals surface area (Å²) in [6.07, 6.45) is 1.54. The van der Waals surface area contributed by atoms with Gasteiger partial charge in [0.2, 0.25) is 0 Å². The molecule has 0 saturated carbocycles. The van der Waals surface area contributed by atoms with Crippen molar-refractivity contribution in [2.24, 2.45) is 0 Å². The Labute approximate surface area is 90.5 Å². The third kappa shape index (κ3) is 1.45.